The van der Waals surface area contributed by atoms with Gasteiger partial charge in [-0.2, -0.15) is 22.0 Å². The van der Waals surface area contributed by atoms with Gasteiger partial charge in [-0.15, -0.1) is 0 Å². The van der Waals surface area contributed by atoms with Crippen LogP contribution in [0.4, 0.5) is 22.0 Å². The lowest BCUT2D eigenvalue weighted by Crippen LogP contribution is -2.77. The van der Waals surface area contributed by atoms with Crippen molar-refractivity contribution in [2.24, 2.45) is 17.8 Å². The number of hydrogen-bond acceptors (Lipinski definition) is 3. The lowest BCUT2D eigenvalue weighted by molar-refractivity contribution is -0.488. The first-order valence-electron chi connectivity index (χ1n) is 6.55. The van der Waals surface area contributed by atoms with E-state index in [1.807, 2.05) is 0 Å². The zero-order chi connectivity index (χ0) is 15.7. The van der Waals surface area contributed by atoms with Gasteiger partial charge in [0.15, 0.2) is 0 Å². The van der Waals surface area contributed by atoms with Gasteiger partial charge in [-0.05, 0) is 12.3 Å². The first kappa shape index (κ1) is 15.2. The molecule has 2 fully saturated rings. The topological polar surface area (TPSA) is 27.7 Å². The van der Waals surface area contributed by atoms with Gasteiger partial charge in [0.1, 0.15) is 5.60 Å². The van der Waals surface area contributed by atoms with Crippen molar-refractivity contribution >= 4 is 0 Å². The Balaban J connectivity index is 2.17. The van der Waals surface area contributed by atoms with Crippen molar-refractivity contribution < 1.29 is 36.2 Å². The second-order valence-electron chi connectivity index (χ2n) is 5.70. The Hall–Kier alpha value is -0.730. The van der Waals surface area contributed by atoms with Crippen LogP contribution in [-0.4, -0.2) is 44.3 Å². The molecule has 0 N–H and O–H groups in total. The molecule has 2 bridgehead atoms. The SMILES string of the molecule is COC12C3C=CC(C3)C1COC(OC)(C(F)(F)F)C2(F)F. The maximum Gasteiger partial charge on any atom is 0.450 e. The Morgan fingerprint density at radius 1 is 1.14 bits per heavy atom. The third-order valence-corrected chi connectivity index (χ3v) is 5.10. The summed E-state index contributed by atoms with van der Waals surface area (Å²) >= 11 is 0. The Morgan fingerprint density at radius 3 is 2.33 bits per heavy atom. The fourth-order valence-corrected chi connectivity index (χ4v) is 4.20. The normalized spacial score (nSPS) is 47.7. The number of ether oxygens (including phenoxy) is 3. The van der Waals surface area contributed by atoms with Gasteiger partial charge in [0.25, 0.3) is 0 Å². The molecular weight excluding hydrogens is 299 g/mol. The Kier molecular flexibility index (Phi) is 3.01. The zero-order valence-electron chi connectivity index (χ0n) is 11.4. The van der Waals surface area contributed by atoms with Gasteiger partial charge in [0, 0.05) is 26.1 Å². The molecule has 0 aromatic heterocycles. The highest BCUT2D eigenvalue weighted by Crippen LogP contribution is 2.66. The second kappa shape index (κ2) is 4.17. The van der Waals surface area contributed by atoms with Gasteiger partial charge in [0.05, 0.1) is 6.61 Å². The molecule has 0 radical (unpaired) electrons. The molecule has 120 valence electrons. The minimum atomic E-state index is -5.38. The van der Waals surface area contributed by atoms with Gasteiger partial charge in [-0.25, -0.2) is 0 Å². The number of alkyl halides is 5. The molecule has 1 heterocycles. The van der Waals surface area contributed by atoms with E-state index in [9.17, 15) is 22.0 Å². The minimum absolute atomic E-state index is 0.260. The lowest BCUT2D eigenvalue weighted by Gasteiger charge is -2.55. The van der Waals surface area contributed by atoms with Crippen molar-refractivity contribution in [2.75, 3.05) is 20.8 Å². The Labute approximate surface area is 118 Å². The predicted octanol–water partition coefficient (Wildman–Crippen LogP) is 2.76. The van der Waals surface area contributed by atoms with E-state index < -0.39 is 41.9 Å². The molecule has 3 aliphatic rings. The number of methoxy groups -OCH3 is 2. The molecule has 8 heteroatoms. The summed E-state index contributed by atoms with van der Waals surface area (Å²) in [6.45, 7) is -0.484. The lowest BCUT2D eigenvalue weighted by atomic mass is 9.69. The highest BCUT2D eigenvalue weighted by atomic mass is 19.4. The van der Waals surface area contributed by atoms with Gasteiger partial charge in [-0.1, -0.05) is 12.2 Å². The number of fused-ring (bicyclic) bond motifs is 5. The molecule has 1 aliphatic heterocycles. The smallest absolute Gasteiger partial charge is 0.371 e. The van der Waals surface area contributed by atoms with E-state index in [1.165, 1.54) is 6.08 Å². The summed E-state index contributed by atoms with van der Waals surface area (Å²) < 4.78 is 83.6. The third kappa shape index (κ3) is 1.44. The standard InChI is InChI=1S/C13H15F5O3/c1-19-10-8-4-3-7(5-8)9(10)6-21-12(20-2,11(10,14)15)13(16,17)18/h3-4,7-9H,5-6H2,1-2H3. The summed E-state index contributed by atoms with van der Waals surface area (Å²) in [6.07, 6.45) is -1.78. The van der Waals surface area contributed by atoms with Gasteiger partial charge in [-0.3, -0.25) is 0 Å². The molecule has 1 saturated heterocycles. The van der Waals surface area contributed by atoms with Crippen LogP contribution >= 0.6 is 0 Å². The minimum Gasteiger partial charge on any atom is -0.371 e. The molecule has 2 aliphatic carbocycles. The fourth-order valence-electron chi connectivity index (χ4n) is 4.20. The monoisotopic (exact) mass is 314 g/mol. The molecule has 5 atom stereocenters. The van der Waals surface area contributed by atoms with Crippen LogP contribution in [0.5, 0.6) is 0 Å². The van der Waals surface area contributed by atoms with Crippen LogP contribution in [0.25, 0.3) is 0 Å². The highest BCUT2D eigenvalue weighted by molar-refractivity contribution is 5.28. The van der Waals surface area contributed by atoms with E-state index in [4.69, 9.17) is 4.74 Å². The first-order valence-corrected chi connectivity index (χ1v) is 6.55. The molecule has 0 aromatic carbocycles. The maximum atomic E-state index is 15.0. The van der Waals surface area contributed by atoms with Crippen LogP contribution < -0.4 is 0 Å². The summed E-state index contributed by atoms with van der Waals surface area (Å²) in [5, 5.41) is 0. The van der Waals surface area contributed by atoms with Gasteiger partial charge >= 0.3 is 17.9 Å². The number of rotatable bonds is 2. The summed E-state index contributed by atoms with van der Waals surface area (Å²) in [7, 11) is 1.60. The molecule has 0 amide bonds. The second-order valence-corrected chi connectivity index (χ2v) is 5.70. The summed E-state index contributed by atoms with van der Waals surface area (Å²) in [6, 6.07) is 0. The fraction of sp³-hybridized carbons (Fsp3) is 0.846. The van der Waals surface area contributed by atoms with Crippen molar-refractivity contribution in [1.82, 2.24) is 0 Å². The van der Waals surface area contributed by atoms with Crippen molar-refractivity contribution in [1.29, 1.82) is 0 Å². The molecule has 3 rings (SSSR count). The molecule has 0 aromatic rings. The van der Waals surface area contributed by atoms with Gasteiger partial charge < -0.3 is 14.2 Å². The third-order valence-electron chi connectivity index (χ3n) is 5.10. The van der Waals surface area contributed by atoms with Crippen molar-refractivity contribution in [2.45, 2.75) is 29.9 Å². The van der Waals surface area contributed by atoms with E-state index >= 15 is 0 Å². The van der Waals surface area contributed by atoms with E-state index in [2.05, 4.69) is 9.47 Å². The number of hydrogen-bond donors (Lipinski definition) is 0. The van der Waals surface area contributed by atoms with E-state index in [1.54, 1.807) is 6.08 Å². The average Bonchev–Trinajstić information content (AvgIpc) is 2.97. The van der Waals surface area contributed by atoms with Crippen molar-refractivity contribution in [3.63, 3.8) is 0 Å². The molecule has 0 spiro atoms. The summed E-state index contributed by atoms with van der Waals surface area (Å²) in [5.41, 5.74) is -2.25. The molecule has 21 heavy (non-hydrogen) atoms. The van der Waals surface area contributed by atoms with Crippen LogP contribution in [-0.2, 0) is 14.2 Å². The number of halogens is 5. The van der Waals surface area contributed by atoms with E-state index in [0.717, 1.165) is 7.11 Å². The quantitative estimate of drug-likeness (QED) is 0.579. The van der Waals surface area contributed by atoms with E-state index in [0.29, 0.717) is 13.5 Å². The first-order chi connectivity index (χ1) is 9.68. The Morgan fingerprint density at radius 2 is 1.81 bits per heavy atom. The van der Waals surface area contributed by atoms with Crippen molar-refractivity contribution in [3.05, 3.63) is 12.2 Å². The van der Waals surface area contributed by atoms with Crippen LogP contribution in [0.15, 0.2) is 12.2 Å². The van der Waals surface area contributed by atoms with Crippen LogP contribution in [0.2, 0.25) is 0 Å². The van der Waals surface area contributed by atoms with Gasteiger partial charge in [0.2, 0.25) is 0 Å². The Bertz CT molecular complexity index is 477. The largest absolute Gasteiger partial charge is 0.450 e. The zero-order valence-corrected chi connectivity index (χ0v) is 11.4. The highest BCUT2D eigenvalue weighted by Gasteiger charge is 2.86. The molecule has 3 nitrogen and oxygen atoms in total. The van der Waals surface area contributed by atoms with Crippen LogP contribution in [0.3, 0.4) is 0 Å². The van der Waals surface area contributed by atoms with Crippen LogP contribution in [0.1, 0.15) is 6.42 Å². The summed E-state index contributed by atoms with van der Waals surface area (Å²) in [5.74, 6) is -10.2. The molecule has 1 saturated carbocycles. The summed E-state index contributed by atoms with van der Waals surface area (Å²) in [4.78, 5) is 0. The predicted molar refractivity (Wildman–Crippen MR) is 60.7 cm³/mol. The van der Waals surface area contributed by atoms with Crippen molar-refractivity contribution in [3.8, 4) is 0 Å². The number of allylic oxidation sites excluding steroid dienone is 1. The van der Waals surface area contributed by atoms with Crippen LogP contribution in [0, 0.1) is 17.8 Å². The molecule has 5 unspecified atom stereocenters. The average molecular weight is 314 g/mol. The molecular formula is C13H15F5O3. The maximum absolute atomic E-state index is 15.0. The van der Waals surface area contributed by atoms with E-state index in [-0.39, 0.29) is 5.92 Å².